The molecule has 0 aromatic carbocycles. The molecule has 0 unspecified atom stereocenters. The molecule has 0 heterocycles. The van der Waals surface area contributed by atoms with E-state index in [1.54, 1.807) is 0 Å². The van der Waals surface area contributed by atoms with Gasteiger partial charge in [0.05, 0.1) is 12.7 Å². The highest BCUT2D eigenvalue weighted by Crippen LogP contribution is 2.68. The fraction of sp³-hybridized carbons (Fsp3) is 0.970. The lowest BCUT2D eigenvalue weighted by atomic mass is 9.44. The van der Waals surface area contributed by atoms with Gasteiger partial charge in [-0.3, -0.25) is 0 Å². The maximum absolute atomic E-state index is 11.7. The van der Waals surface area contributed by atoms with Crippen molar-refractivity contribution in [2.45, 2.75) is 131 Å². The average Bonchev–Trinajstić information content (AvgIpc) is 3.22. The van der Waals surface area contributed by atoms with Crippen molar-refractivity contribution in [3.8, 4) is 0 Å². The molecule has 0 aliphatic heterocycles. The number of nitrogens with one attached hydrogen (secondary N) is 1. The molecule has 0 bridgehead atoms. The Hall–Kier alpha value is -0.770. The summed E-state index contributed by atoms with van der Waals surface area (Å²) < 4.78 is 11.5. The monoisotopic (exact) mass is 517 g/mol. The van der Waals surface area contributed by atoms with Gasteiger partial charge in [0.15, 0.2) is 0 Å². The van der Waals surface area contributed by atoms with Crippen molar-refractivity contribution in [2.24, 2.45) is 52.3 Å². The summed E-state index contributed by atoms with van der Waals surface area (Å²) in [4.78, 5) is 11.7. The van der Waals surface area contributed by atoms with E-state index >= 15 is 0 Å². The lowest BCUT2D eigenvalue weighted by molar-refractivity contribution is -0.138. The Morgan fingerprint density at radius 1 is 0.919 bits per heavy atom. The van der Waals surface area contributed by atoms with Crippen molar-refractivity contribution in [3.05, 3.63) is 0 Å². The number of fused-ring (bicyclic) bond motifs is 5. The van der Waals surface area contributed by atoms with Crippen LogP contribution in [0.1, 0.15) is 125 Å². The maximum atomic E-state index is 11.7. The van der Waals surface area contributed by atoms with Crippen molar-refractivity contribution in [1.82, 2.24) is 5.32 Å². The molecular formula is C33H59NO3. The van der Waals surface area contributed by atoms with Gasteiger partial charge in [-0.05, 0) is 116 Å². The van der Waals surface area contributed by atoms with E-state index in [2.05, 4.69) is 39.9 Å². The highest BCUT2D eigenvalue weighted by Gasteiger charge is 2.60. The van der Waals surface area contributed by atoms with E-state index in [-0.39, 0.29) is 6.09 Å². The summed E-state index contributed by atoms with van der Waals surface area (Å²) in [7, 11) is 0. The zero-order valence-electron chi connectivity index (χ0n) is 25.2. The van der Waals surface area contributed by atoms with Crippen LogP contribution < -0.4 is 5.32 Å². The van der Waals surface area contributed by atoms with Crippen LogP contribution in [0.5, 0.6) is 0 Å². The highest BCUT2D eigenvalue weighted by molar-refractivity contribution is 5.66. The molecule has 1 N–H and O–H groups in total. The number of rotatable bonds is 11. The third-order valence-corrected chi connectivity index (χ3v) is 12.0. The summed E-state index contributed by atoms with van der Waals surface area (Å²) in [6, 6.07) is 0. The number of hydrogen-bond donors (Lipinski definition) is 1. The predicted molar refractivity (Wildman–Crippen MR) is 152 cm³/mol. The molecule has 0 saturated heterocycles. The second kappa shape index (κ2) is 12.6. The van der Waals surface area contributed by atoms with Crippen LogP contribution in [0.4, 0.5) is 4.79 Å². The topological polar surface area (TPSA) is 47.6 Å². The predicted octanol–water partition coefficient (Wildman–Crippen LogP) is 8.63. The summed E-state index contributed by atoms with van der Waals surface area (Å²) >= 11 is 0. The van der Waals surface area contributed by atoms with Gasteiger partial charge >= 0.3 is 6.09 Å². The number of alkyl carbamates (subject to hydrolysis) is 1. The molecule has 4 rings (SSSR count). The van der Waals surface area contributed by atoms with Crippen LogP contribution in [0.2, 0.25) is 0 Å². The SMILES string of the molecule is CCCNC(=O)OCCO[C@@H]1CC[C@@]2(C)[C@H](CC[C@@H]3[C@@H]2CC[C@]2(C)[C@@H]([C@@H](C)CCCC(C)C)CC[C@@H]32)C1. The molecule has 1 amide bonds. The molecular weight excluding hydrogens is 458 g/mol. The van der Waals surface area contributed by atoms with Crippen LogP contribution in [-0.2, 0) is 9.47 Å². The third-order valence-electron chi connectivity index (χ3n) is 12.0. The number of hydrogen-bond acceptors (Lipinski definition) is 3. The third kappa shape index (κ3) is 6.36. The molecule has 214 valence electrons. The molecule has 0 radical (unpaired) electrons. The molecule has 4 nitrogen and oxygen atoms in total. The fourth-order valence-corrected chi connectivity index (χ4v) is 10.0. The average molecular weight is 518 g/mol. The Morgan fingerprint density at radius 2 is 1.68 bits per heavy atom. The quantitative estimate of drug-likeness (QED) is 0.279. The van der Waals surface area contributed by atoms with E-state index in [4.69, 9.17) is 9.47 Å². The summed E-state index contributed by atoms with van der Waals surface area (Å²) in [6.45, 7) is 16.3. The first-order chi connectivity index (χ1) is 17.7. The van der Waals surface area contributed by atoms with Gasteiger partial charge < -0.3 is 14.8 Å². The molecule has 0 spiro atoms. The molecule has 4 aliphatic rings. The minimum atomic E-state index is -0.316. The van der Waals surface area contributed by atoms with Crippen molar-refractivity contribution in [2.75, 3.05) is 19.8 Å². The first kappa shape index (κ1) is 29.2. The first-order valence-corrected chi connectivity index (χ1v) is 16.2. The normalized spacial score (nSPS) is 40.0. The summed E-state index contributed by atoms with van der Waals surface area (Å²) in [5.74, 6) is 6.34. The number of carbonyl (C=O) groups is 1. The Labute approximate surface area is 228 Å². The molecule has 9 atom stereocenters. The van der Waals surface area contributed by atoms with Crippen molar-refractivity contribution >= 4 is 6.09 Å². The van der Waals surface area contributed by atoms with Gasteiger partial charge in [0.2, 0.25) is 0 Å². The van der Waals surface area contributed by atoms with E-state index < -0.39 is 0 Å². The fourth-order valence-electron chi connectivity index (χ4n) is 10.0. The van der Waals surface area contributed by atoms with Crippen LogP contribution in [0, 0.1) is 52.3 Å². The van der Waals surface area contributed by atoms with Gasteiger partial charge in [0.25, 0.3) is 0 Å². The Kier molecular flexibility index (Phi) is 9.95. The van der Waals surface area contributed by atoms with E-state index in [0.717, 1.165) is 47.8 Å². The van der Waals surface area contributed by atoms with Crippen LogP contribution in [0.3, 0.4) is 0 Å². The van der Waals surface area contributed by atoms with Crippen LogP contribution in [0.15, 0.2) is 0 Å². The van der Waals surface area contributed by atoms with Gasteiger partial charge in [-0.25, -0.2) is 4.79 Å². The van der Waals surface area contributed by atoms with Crippen LogP contribution >= 0.6 is 0 Å². The van der Waals surface area contributed by atoms with E-state index in [9.17, 15) is 4.79 Å². The van der Waals surface area contributed by atoms with Crippen molar-refractivity contribution in [1.29, 1.82) is 0 Å². The second-order valence-electron chi connectivity index (χ2n) is 14.5. The largest absolute Gasteiger partial charge is 0.447 e. The van der Waals surface area contributed by atoms with E-state index in [0.29, 0.717) is 36.7 Å². The molecule has 0 aromatic rings. The molecule has 4 fully saturated rings. The zero-order chi connectivity index (χ0) is 26.6. The Bertz CT molecular complexity index is 739. The highest BCUT2D eigenvalue weighted by atomic mass is 16.6. The molecule has 0 aromatic heterocycles. The molecule has 4 saturated carbocycles. The van der Waals surface area contributed by atoms with Gasteiger partial charge in [-0.2, -0.15) is 0 Å². The number of ether oxygens (including phenoxy) is 2. The first-order valence-electron chi connectivity index (χ1n) is 16.2. The van der Waals surface area contributed by atoms with Crippen LogP contribution in [-0.4, -0.2) is 32.0 Å². The minimum absolute atomic E-state index is 0.316. The summed E-state index contributed by atoms with van der Waals surface area (Å²) in [5, 5.41) is 2.76. The van der Waals surface area contributed by atoms with Crippen molar-refractivity contribution in [3.63, 3.8) is 0 Å². The number of carbonyl (C=O) groups excluding carboxylic acids is 1. The van der Waals surface area contributed by atoms with Gasteiger partial charge in [-0.1, -0.05) is 60.8 Å². The van der Waals surface area contributed by atoms with E-state index in [1.807, 2.05) is 6.92 Å². The Balaban J connectivity index is 1.29. The second-order valence-corrected chi connectivity index (χ2v) is 14.5. The van der Waals surface area contributed by atoms with Gasteiger partial charge in [-0.15, -0.1) is 0 Å². The Morgan fingerprint density at radius 3 is 2.43 bits per heavy atom. The summed E-state index contributed by atoms with van der Waals surface area (Å²) in [5.41, 5.74) is 1.09. The zero-order valence-corrected chi connectivity index (χ0v) is 25.2. The molecule has 4 aliphatic carbocycles. The molecule has 4 heteroatoms. The maximum Gasteiger partial charge on any atom is 0.407 e. The van der Waals surface area contributed by atoms with Crippen molar-refractivity contribution < 1.29 is 14.3 Å². The smallest absolute Gasteiger partial charge is 0.407 e. The van der Waals surface area contributed by atoms with Crippen LogP contribution in [0.25, 0.3) is 0 Å². The lowest BCUT2D eigenvalue weighted by Gasteiger charge is -2.61. The van der Waals surface area contributed by atoms with Gasteiger partial charge in [0, 0.05) is 6.54 Å². The van der Waals surface area contributed by atoms with E-state index in [1.165, 1.54) is 77.0 Å². The summed E-state index contributed by atoms with van der Waals surface area (Å²) in [6.07, 6.45) is 17.7. The standard InChI is InChI=1S/C33H59NO3/c1-7-19-34-31(35)37-21-20-36-26-15-17-32(5)25(22-26)11-12-27-29-14-13-28(24(4)10-8-9-23(2)3)33(29,6)18-16-30(27)32/h23-30H,7-22H2,1-6H3,(H,34,35)/t24-,25+,26+,27-,28+,29-,30-,32-,33+/m0/s1. The molecule has 37 heavy (non-hydrogen) atoms. The lowest BCUT2D eigenvalue weighted by Crippen LogP contribution is -2.54. The number of amides is 1. The minimum Gasteiger partial charge on any atom is -0.447 e. The van der Waals surface area contributed by atoms with Gasteiger partial charge in [0.1, 0.15) is 6.61 Å².